The van der Waals surface area contributed by atoms with Crippen LogP contribution in [0.15, 0.2) is 59.2 Å². The fourth-order valence-electron chi connectivity index (χ4n) is 2.19. The summed E-state index contributed by atoms with van der Waals surface area (Å²) in [5.74, 6) is 1.81. The average molecular weight is 285 g/mol. The summed E-state index contributed by atoms with van der Waals surface area (Å²) in [5, 5.41) is -0.00192. The van der Waals surface area contributed by atoms with E-state index in [1.54, 1.807) is 24.1 Å². The van der Waals surface area contributed by atoms with Crippen LogP contribution >= 0.6 is 11.8 Å². The van der Waals surface area contributed by atoms with Gasteiger partial charge in [-0.2, -0.15) is 0 Å². The Kier molecular flexibility index (Phi) is 3.92. The van der Waals surface area contributed by atoms with E-state index < -0.39 is 0 Å². The van der Waals surface area contributed by atoms with Crippen molar-refractivity contribution >= 4 is 23.7 Å². The van der Waals surface area contributed by atoms with Gasteiger partial charge in [-0.05, 0) is 23.8 Å². The molecule has 2 heterocycles. The number of hydrogen-bond donors (Lipinski definition) is 0. The maximum atomic E-state index is 12.3. The van der Waals surface area contributed by atoms with Gasteiger partial charge in [-0.15, -0.1) is 11.8 Å². The number of nitrogens with zero attached hydrogens (tertiary/aromatic N) is 1. The standard InChI is InChI=1S/C16H15NO2S/c18-15(9-8-13-5-2-1-3-6-13)17-10-12-20-16(17)14-7-4-11-19-14/h1-9,11,16H,10,12H2/b9-8+. The minimum atomic E-state index is -0.00192. The number of furan rings is 1. The van der Waals surface area contributed by atoms with Crippen molar-refractivity contribution in [2.75, 3.05) is 12.3 Å². The van der Waals surface area contributed by atoms with Crippen molar-refractivity contribution in [3.8, 4) is 0 Å². The SMILES string of the molecule is O=C(/C=C/c1ccccc1)N1CCSC1c1ccco1. The first-order chi connectivity index (χ1) is 9.84. The number of rotatable bonds is 3. The molecule has 1 atom stereocenters. The summed E-state index contributed by atoms with van der Waals surface area (Å²) in [5.41, 5.74) is 1.03. The zero-order chi connectivity index (χ0) is 13.8. The van der Waals surface area contributed by atoms with Crippen LogP contribution in [0, 0.1) is 0 Å². The Bertz CT molecular complexity index is 592. The molecule has 20 heavy (non-hydrogen) atoms. The maximum Gasteiger partial charge on any atom is 0.247 e. The van der Waals surface area contributed by atoms with Crippen LogP contribution in [-0.4, -0.2) is 23.1 Å². The van der Waals surface area contributed by atoms with E-state index in [-0.39, 0.29) is 11.3 Å². The van der Waals surface area contributed by atoms with E-state index in [9.17, 15) is 4.79 Å². The highest BCUT2D eigenvalue weighted by Gasteiger charge is 2.31. The number of benzene rings is 1. The van der Waals surface area contributed by atoms with E-state index in [0.29, 0.717) is 0 Å². The summed E-state index contributed by atoms with van der Waals surface area (Å²) in [6.45, 7) is 0.758. The van der Waals surface area contributed by atoms with Crippen LogP contribution in [0.25, 0.3) is 6.08 Å². The third-order valence-corrected chi connectivity index (χ3v) is 4.40. The zero-order valence-corrected chi connectivity index (χ0v) is 11.8. The van der Waals surface area contributed by atoms with Gasteiger partial charge >= 0.3 is 0 Å². The van der Waals surface area contributed by atoms with Crippen molar-refractivity contribution in [1.82, 2.24) is 4.90 Å². The Morgan fingerprint density at radius 3 is 2.85 bits per heavy atom. The third kappa shape index (κ3) is 2.80. The van der Waals surface area contributed by atoms with Gasteiger partial charge in [0.25, 0.3) is 0 Å². The molecular formula is C16H15NO2S. The van der Waals surface area contributed by atoms with E-state index in [2.05, 4.69) is 0 Å². The Balaban J connectivity index is 1.72. The Labute approximate surface area is 122 Å². The largest absolute Gasteiger partial charge is 0.466 e. The van der Waals surface area contributed by atoms with Crippen molar-refractivity contribution < 1.29 is 9.21 Å². The second kappa shape index (κ2) is 6.01. The summed E-state index contributed by atoms with van der Waals surface area (Å²) in [4.78, 5) is 14.2. The first-order valence-corrected chi connectivity index (χ1v) is 7.58. The summed E-state index contributed by atoms with van der Waals surface area (Å²) in [6, 6.07) is 13.6. The minimum Gasteiger partial charge on any atom is -0.466 e. The first kappa shape index (κ1) is 13.1. The van der Waals surface area contributed by atoms with Gasteiger partial charge in [0.1, 0.15) is 11.1 Å². The van der Waals surface area contributed by atoms with Crippen molar-refractivity contribution in [3.05, 3.63) is 66.1 Å². The fraction of sp³-hybridized carbons (Fsp3) is 0.188. The zero-order valence-electron chi connectivity index (χ0n) is 10.9. The monoisotopic (exact) mass is 285 g/mol. The van der Waals surface area contributed by atoms with Gasteiger partial charge in [-0.25, -0.2) is 0 Å². The lowest BCUT2D eigenvalue weighted by atomic mass is 10.2. The van der Waals surface area contributed by atoms with Gasteiger partial charge in [-0.1, -0.05) is 30.3 Å². The Morgan fingerprint density at radius 2 is 2.10 bits per heavy atom. The summed E-state index contributed by atoms with van der Waals surface area (Å²) in [7, 11) is 0. The molecule has 0 radical (unpaired) electrons. The van der Waals surface area contributed by atoms with Gasteiger partial charge in [-0.3, -0.25) is 4.79 Å². The molecule has 0 saturated carbocycles. The minimum absolute atomic E-state index is 0.00192. The van der Waals surface area contributed by atoms with Crippen molar-refractivity contribution in [2.24, 2.45) is 0 Å². The number of thioether (sulfide) groups is 1. The molecule has 0 N–H and O–H groups in total. The second-order valence-electron chi connectivity index (χ2n) is 4.51. The molecule has 3 rings (SSSR count). The van der Waals surface area contributed by atoms with E-state index in [0.717, 1.165) is 23.6 Å². The van der Waals surface area contributed by atoms with Crippen LogP contribution in [0.1, 0.15) is 16.7 Å². The molecule has 4 heteroatoms. The molecule has 0 spiro atoms. The van der Waals surface area contributed by atoms with Gasteiger partial charge in [0.2, 0.25) is 5.91 Å². The van der Waals surface area contributed by atoms with E-state index in [4.69, 9.17) is 4.42 Å². The molecule has 0 aliphatic carbocycles. The topological polar surface area (TPSA) is 33.5 Å². The molecular weight excluding hydrogens is 270 g/mol. The molecule has 2 aromatic rings. The summed E-state index contributed by atoms with van der Waals surface area (Å²) in [6.07, 6.45) is 5.14. The average Bonchev–Trinajstić information content (AvgIpc) is 3.15. The summed E-state index contributed by atoms with van der Waals surface area (Å²) < 4.78 is 5.42. The van der Waals surface area contributed by atoms with E-state index in [1.165, 1.54) is 0 Å². The molecule has 1 aliphatic heterocycles. The molecule has 1 aromatic heterocycles. The normalized spacial score (nSPS) is 18.8. The highest BCUT2D eigenvalue weighted by atomic mass is 32.2. The van der Waals surface area contributed by atoms with Crippen LogP contribution in [-0.2, 0) is 4.79 Å². The third-order valence-electron chi connectivity index (χ3n) is 3.18. The number of amides is 1. The second-order valence-corrected chi connectivity index (χ2v) is 5.70. The molecule has 3 nitrogen and oxygen atoms in total. The Hall–Kier alpha value is -1.94. The van der Waals surface area contributed by atoms with Crippen LogP contribution in [0.3, 0.4) is 0 Å². The number of carbonyl (C=O) groups is 1. The molecule has 1 aromatic carbocycles. The number of hydrogen-bond acceptors (Lipinski definition) is 3. The molecule has 1 fully saturated rings. The first-order valence-electron chi connectivity index (χ1n) is 6.53. The van der Waals surface area contributed by atoms with Crippen LogP contribution in [0.4, 0.5) is 0 Å². The Morgan fingerprint density at radius 1 is 1.25 bits per heavy atom. The van der Waals surface area contributed by atoms with Gasteiger partial charge in [0.05, 0.1) is 6.26 Å². The molecule has 1 saturated heterocycles. The molecule has 0 bridgehead atoms. The summed E-state index contributed by atoms with van der Waals surface area (Å²) >= 11 is 1.74. The lowest BCUT2D eigenvalue weighted by molar-refractivity contribution is -0.126. The van der Waals surface area contributed by atoms with Gasteiger partial charge in [0.15, 0.2) is 0 Å². The van der Waals surface area contributed by atoms with Crippen LogP contribution < -0.4 is 0 Å². The smallest absolute Gasteiger partial charge is 0.247 e. The van der Waals surface area contributed by atoms with Crippen molar-refractivity contribution in [1.29, 1.82) is 0 Å². The van der Waals surface area contributed by atoms with Crippen LogP contribution in [0.2, 0.25) is 0 Å². The molecule has 1 aliphatic rings. The fourth-order valence-corrected chi connectivity index (χ4v) is 3.40. The lowest BCUT2D eigenvalue weighted by Crippen LogP contribution is -2.28. The maximum absolute atomic E-state index is 12.3. The van der Waals surface area contributed by atoms with Gasteiger partial charge in [0, 0.05) is 18.4 Å². The predicted molar refractivity (Wildman–Crippen MR) is 81.1 cm³/mol. The van der Waals surface area contributed by atoms with E-state index >= 15 is 0 Å². The molecule has 1 unspecified atom stereocenters. The molecule has 102 valence electrons. The highest BCUT2D eigenvalue weighted by molar-refractivity contribution is 7.99. The van der Waals surface area contributed by atoms with Crippen molar-refractivity contribution in [3.63, 3.8) is 0 Å². The predicted octanol–water partition coefficient (Wildman–Crippen LogP) is 3.57. The lowest BCUT2D eigenvalue weighted by Gasteiger charge is -2.20. The van der Waals surface area contributed by atoms with E-state index in [1.807, 2.05) is 53.4 Å². The van der Waals surface area contributed by atoms with Crippen LogP contribution in [0.5, 0.6) is 0 Å². The van der Waals surface area contributed by atoms with Gasteiger partial charge < -0.3 is 9.32 Å². The highest BCUT2D eigenvalue weighted by Crippen LogP contribution is 2.38. The number of carbonyl (C=O) groups excluding carboxylic acids is 1. The quantitative estimate of drug-likeness (QED) is 0.808. The van der Waals surface area contributed by atoms with Crippen molar-refractivity contribution in [2.45, 2.75) is 5.37 Å². The molecule has 1 amide bonds.